The summed E-state index contributed by atoms with van der Waals surface area (Å²) in [5, 5.41) is 2.78. The Labute approximate surface area is 239 Å². The number of ether oxygens (including phenoxy) is 2. The first-order valence-electron chi connectivity index (χ1n) is 14.1. The zero-order valence-corrected chi connectivity index (χ0v) is 23.5. The number of amides is 2. The van der Waals surface area contributed by atoms with Crippen LogP contribution >= 0.6 is 0 Å². The van der Waals surface area contributed by atoms with Crippen molar-refractivity contribution in [1.82, 2.24) is 14.8 Å². The standard InChI is InChI=1S/C17H16N2O3.C14H20FN3O/c1-10-9-21-14-4-2-11(8-13(10)14)22-15-6-7-18-17-12(15)3-5-16(20)19-17;1-2-17-3-5-18(6-4-17)10-11-7-12(14(16)19)9-13(15)8-11/h2,4,6-8,10H,3,5,9H2,1H3,(H,18,19,20);7-9H,2-6,10H2,1H3,(H2,16,19). The van der Waals surface area contributed by atoms with Gasteiger partial charge in [0, 0.05) is 67.9 Å². The number of rotatable bonds is 6. The number of anilines is 1. The second-order valence-corrected chi connectivity index (χ2v) is 10.6. The number of hydrogen-bond donors (Lipinski definition) is 2. The number of hydrogen-bond acceptors (Lipinski definition) is 7. The van der Waals surface area contributed by atoms with E-state index in [-0.39, 0.29) is 11.5 Å². The van der Waals surface area contributed by atoms with E-state index in [0.29, 0.717) is 31.1 Å². The molecule has 1 saturated heterocycles. The molecule has 3 N–H and O–H groups in total. The maximum absolute atomic E-state index is 13.4. The summed E-state index contributed by atoms with van der Waals surface area (Å²) in [6, 6.07) is 12.1. The van der Waals surface area contributed by atoms with Gasteiger partial charge in [-0.1, -0.05) is 13.8 Å². The average Bonchev–Trinajstić information content (AvgIpc) is 3.33. The van der Waals surface area contributed by atoms with Crippen LogP contribution in [0.15, 0.2) is 48.7 Å². The molecule has 3 aliphatic heterocycles. The van der Waals surface area contributed by atoms with Gasteiger partial charge in [0.1, 0.15) is 28.9 Å². The van der Waals surface area contributed by atoms with Crippen LogP contribution in [0.3, 0.4) is 0 Å². The molecule has 4 heterocycles. The number of pyridine rings is 1. The molecule has 3 aliphatic rings. The van der Waals surface area contributed by atoms with Crippen molar-refractivity contribution in [3.63, 3.8) is 0 Å². The second-order valence-electron chi connectivity index (χ2n) is 10.6. The van der Waals surface area contributed by atoms with Gasteiger partial charge in [-0.05, 0) is 61.0 Å². The van der Waals surface area contributed by atoms with Crippen LogP contribution in [0, 0.1) is 5.82 Å². The van der Waals surface area contributed by atoms with Gasteiger partial charge < -0.3 is 25.4 Å². The highest BCUT2D eigenvalue weighted by Crippen LogP contribution is 2.38. The van der Waals surface area contributed by atoms with E-state index >= 15 is 0 Å². The summed E-state index contributed by atoms with van der Waals surface area (Å²) < 4.78 is 25.1. The van der Waals surface area contributed by atoms with Gasteiger partial charge in [-0.15, -0.1) is 0 Å². The van der Waals surface area contributed by atoms with Crippen LogP contribution in [-0.2, 0) is 17.8 Å². The van der Waals surface area contributed by atoms with Gasteiger partial charge in [-0.25, -0.2) is 9.37 Å². The maximum atomic E-state index is 13.4. The Balaban J connectivity index is 0.000000167. The fraction of sp³-hybridized carbons (Fsp3) is 0.387. The molecule has 0 bridgehead atoms. The summed E-state index contributed by atoms with van der Waals surface area (Å²) in [6.07, 6.45) is 2.76. The molecule has 41 heavy (non-hydrogen) atoms. The molecule has 10 heteroatoms. The lowest BCUT2D eigenvalue weighted by molar-refractivity contribution is -0.116. The van der Waals surface area contributed by atoms with E-state index in [1.807, 2.05) is 24.3 Å². The smallest absolute Gasteiger partial charge is 0.248 e. The number of carbonyl (C=O) groups excluding carboxylic acids is 2. The minimum atomic E-state index is -0.587. The topological polar surface area (TPSA) is 110 Å². The molecule has 1 aromatic heterocycles. The molecule has 3 aromatic rings. The number of nitrogens with one attached hydrogen (secondary N) is 1. The molecule has 0 saturated carbocycles. The summed E-state index contributed by atoms with van der Waals surface area (Å²) in [5.74, 6) is 2.45. The summed E-state index contributed by atoms with van der Waals surface area (Å²) in [4.78, 5) is 31.4. The van der Waals surface area contributed by atoms with E-state index in [0.717, 1.165) is 67.7 Å². The number of nitrogens with two attached hydrogens (primary N) is 1. The Kier molecular flexibility index (Phi) is 8.80. The van der Waals surface area contributed by atoms with Crippen LogP contribution in [0.5, 0.6) is 17.2 Å². The van der Waals surface area contributed by atoms with Crippen molar-refractivity contribution < 1.29 is 23.5 Å². The third kappa shape index (κ3) is 7.01. The van der Waals surface area contributed by atoms with Crippen LogP contribution in [0.1, 0.15) is 53.2 Å². The fourth-order valence-electron chi connectivity index (χ4n) is 5.30. The molecule has 216 valence electrons. The summed E-state index contributed by atoms with van der Waals surface area (Å²) >= 11 is 0. The van der Waals surface area contributed by atoms with Crippen LogP contribution in [0.25, 0.3) is 0 Å². The van der Waals surface area contributed by atoms with Gasteiger partial charge in [0.25, 0.3) is 0 Å². The maximum Gasteiger partial charge on any atom is 0.248 e. The first-order valence-corrected chi connectivity index (χ1v) is 14.1. The normalized spacial score (nSPS) is 18.3. The van der Waals surface area contributed by atoms with Crippen molar-refractivity contribution in [2.75, 3.05) is 44.6 Å². The van der Waals surface area contributed by atoms with E-state index in [4.69, 9.17) is 15.2 Å². The SMILES string of the molecule is CC1COc2ccc(Oc3ccnc4c3CCC(=O)N4)cc21.CCN1CCN(Cc2cc(F)cc(C(N)=O)c2)CC1. The Morgan fingerprint density at radius 3 is 2.66 bits per heavy atom. The van der Waals surface area contributed by atoms with Gasteiger partial charge in [-0.3, -0.25) is 14.5 Å². The van der Waals surface area contributed by atoms with Crippen molar-refractivity contribution in [3.8, 4) is 17.2 Å². The summed E-state index contributed by atoms with van der Waals surface area (Å²) in [6.45, 7) is 10.8. The number of benzene rings is 2. The summed E-state index contributed by atoms with van der Waals surface area (Å²) in [5.41, 5.74) is 8.36. The van der Waals surface area contributed by atoms with Crippen molar-refractivity contribution in [3.05, 3.63) is 76.7 Å². The highest BCUT2D eigenvalue weighted by molar-refractivity contribution is 5.93. The number of carbonyl (C=O) groups is 2. The fourth-order valence-corrected chi connectivity index (χ4v) is 5.30. The first kappa shape index (κ1) is 28.5. The lowest BCUT2D eigenvalue weighted by Gasteiger charge is -2.34. The van der Waals surface area contributed by atoms with E-state index in [1.54, 1.807) is 12.3 Å². The number of primary amides is 1. The van der Waals surface area contributed by atoms with Gasteiger partial charge in [-0.2, -0.15) is 0 Å². The zero-order valence-electron chi connectivity index (χ0n) is 23.5. The lowest BCUT2D eigenvalue weighted by atomic mass is 10.0. The predicted octanol–water partition coefficient (Wildman–Crippen LogP) is 4.32. The van der Waals surface area contributed by atoms with Crippen LogP contribution in [0.4, 0.5) is 10.2 Å². The Hall–Kier alpha value is -4.02. The van der Waals surface area contributed by atoms with E-state index in [9.17, 15) is 14.0 Å². The zero-order chi connectivity index (χ0) is 28.9. The molecule has 2 amide bonds. The molecule has 0 aliphatic carbocycles. The molecular weight excluding hydrogens is 525 g/mol. The summed E-state index contributed by atoms with van der Waals surface area (Å²) in [7, 11) is 0. The first-order chi connectivity index (χ1) is 19.8. The van der Waals surface area contributed by atoms with Crippen molar-refractivity contribution in [1.29, 1.82) is 0 Å². The van der Waals surface area contributed by atoms with Crippen molar-refractivity contribution in [2.24, 2.45) is 5.73 Å². The number of piperazine rings is 1. The molecule has 1 unspecified atom stereocenters. The van der Waals surface area contributed by atoms with Gasteiger partial charge in [0.15, 0.2) is 0 Å². The average molecular weight is 562 g/mol. The number of aromatic nitrogens is 1. The Morgan fingerprint density at radius 2 is 1.90 bits per heavy atom. The molecule has 0 spiro atoms. The second kappa shape index (κ2) is 12.7. The third-order valence-corrected chi connectivity index (χ3v) is 7.66. The van der Waals surface area contributed by atoms with E-state index < -0.39 is 11.7 Å². The minimum Gasteiger partial charge on any atom is -0.493 e. The molecule has 0 radical (unpaired) electrons. The lowest BCUT2D eigenvalue weighted by Crippen LogP contribution is -2.45. The van der Waals surface area contributed by atoms with Gasteiger partial charge in [0.05, 0.1) is 6.61 Å². The highest BCUT2D eigenvalue weighted by Gasteiger charge is 2.23. The number of likely N-dealkylation sites (N-methyl/N-ethyl adjacent to an activating group) is 1. The Bertz CT molecular complexity index is 1420. The predicted molar refractivity (Wildman–Crippen MR) is 154 cm³/mol. The van der Waals surface area contributed by atoms with E-state index in [2.05, 4.69) is 33.9 Å². The molecule has 9 nitrogen and oxygen atoms in total. The molecule has 1 fully saturated rings. The quantitative estimate of drug-likeness (QED) is 0.461. The molecule has 2 aromatic carbocycles. The third-order valence-electron chi connectivity index (χ3n) is 7.66. The van der Waals surface area contributed by atoms with Crippen molar-refractivity contribution >= 4 is 17.6 Å². The van der Waals surface area contributed by atoms with Crippen LogP contribution < -0.4 is 20.5 Å². The number of nitrogens with zero attached hydrogens (tertiary/aromatic N) is 3. The molecule has 1 atom stereocenters. The van der Waals surface area contributed by atoms with Crippen LogP contribution in [-0.4, -0.2) is 65.9 Å². The number of fused-ring (bicyclic) bond motifs is 2. The Morgan fingerprint density at radius 1 is 1.12 bits per heavy atom. The van der Waals surface area contributed by atoms with Crippen molar-refractivity contribution in [2.45, 2.75) is 39.2 Å². The number of halogens is 1. The largest absolute Gasteiger partial charge is 0.493 e. The van der Waals surface area contributed by atoms with Gasteiger partial charge >= 0.3 is 0 Å². The monoisotopic (exact) mass is 561 g/mol. The molecule has 6 rings (SSSR count). The molecular formula is C31H36FN5O4. The van der Waals surface area contributed by atoms with Crippen LogP contribution in [0.2, 0.25) is 0 Å². The minimum absolute atomic E-state index is 0.000606. The van der Waals surface area contributed by atoms with E-state index in [1.165, 1.54) is 17.7 Å². The highest BCUT2D eigenvalue weighted by atomic mass is 19.1. The van der Waals surface area contributed by atoms with Gasteiger partial charge in [0.2, 0.25) is 11.8 Å².